The number of benzene rings is 2. The summed E-state index contributed by atoms with van der Waals surface area (Å²) in [6, 6.07) is 13.5. The van der Waals surface area contributed by atoms with Crippen molar-refractivity contribution in [3.63, 3.8) is 0 Å². The average Bonchev–Trinajstić information content (AvgIpc) is 3.46. The number of rotatable bonds is 13. The van der Waals surface area contributed by atoms with Gasteiger partial charge in [-0.2, -0.15) is 5.26 Å². The molecule has 1 aromatic heterocycles. The van der Waals surface area contributed by atoms with Crippen LogP contribution in [0.1, 0.15) is 37.9 Å². The lowest BCUT2D eigenvalue weighted by Gasteiger charge is -2.39. The topological polar surface area (TPSA) is 183 Å². The van der Waals surface area contributed by atoms with E-state index in [0.717, 1.165) is 42.4 Å². The monoisotopic (exact) mass is 614 g/mol. The molecule has 43 heavy (non-hydrogen) atoms. The number of fused-ring (bicyclic) bond motifs is 1. The van der Waals surface area contributed by atoms with Crippen molar-refractivity contribution in [1.29, 1.82) is 5.26 Å². The van der Waals surface area contributed by atoms with Crippen LogP contribution in [0.15, 0.2) is 47.5 Å². The fourth-order valence-electron chi connectivity index (χ4n) is 4.97. The number of aliphatic hydroxyl groups is 3. The number of aliphatic hydroxyl groups excluding tert-OH is 3. The van der Waals surface area contributed by atoms with Crippen LogP contribution in [0.3, 0.4) is 0 Å². The number of anilines is 1. The minimum Gasteiger partial charge on any atom is -0.388 e. The Morgan fingerprint density at radius 3 is 2.49 bits per heavy atom. The molecule has 4 rings (SSSR count). The van der Waals surface area contributed by atoms with Crippen LogP contribution >= 0.6 is 0 Å². The van der Waals surface area contributed by atoms with Gasteiger partial charge in [-0.15, -0.1) is 5.10 Å². The third-order valence-electron chi connectivity index (χ3n) is 7.19. The smallest absolute Gasteiger partial charge is 0.251 e. The molecular formula is C29H38N6O7S. The van der Waals surface area contributed by atoms with Crippen LogP contribution in [-0.4, -0.2) is 89.6 Å². The van der Waals surface area contributed by atoms with Crippen LogP contribution in [0.5, 0.6) is 0 Å². The van der Waals surface area contributed by atoms with E-state index < -0.39 is 45.6 Å². The molecule has 0 unspecified atom stereocenters. The number of aromatic nitrogens is 3. The van der Waals surface area contributed by atoms with Crippen molar-refractivity contribution < 1.29 is 33.2 Å². The molecule has 0 spiro atoms. The van der Waals surface area contributed by atoms with Crippen molar-refractivity contribution in [2.45, 2.75) is 70.5 Å². The second-order valence-corrected chi connectivity index (χ2v) is 12.1. The molecule has 1 aliphatic rings. The predicted octanol–water partition coefficient (Wildman–Crippen LogP) is 1.50. The fraction of sp³-hybridized carbons (Fsp3) is 0.483. The lowest BCUT2D eigenvalue weighted by Crippen LogP contribution is -2.58. The highest BCUT2D eigenvalue weighted by Crippen LogP contribution is 2.26. The SMILES string of the molecule is CCCN(CCC)c1ccc2cc(/C=C(\C#N)S(=O)(=O)NCc3cn(C[C@H]4O[C@H](OC)[C@H](O)[C@@H](O)[C@@H]4O)nn3)ccc2c1. The van der Waals surface area contributed by atoms with E-state index in [9.17, 15) is 29.0 Å². The fourth-order valence-corrected chi connectivity index (χ4v) is 5.88. The van der Waals surface area contributed by atoms with Gasteiger partial charge < -0.3 is 29.7 Å². The number of sulfonamides is 1. The number of methoxy groups -OCH3 is 1. The maximum Gasteiger partial charge on any atom is 0.251 e. The van der Waals surface area contributed by atoms with Crippen molar-refractivity contribution in [3.05, 3.63) is 58.8 Å². The van der Waals surface area contributed by atoms with Gasteiger partial charge in [0.25, 0.3) is 10.0 Å². The Morgan fingerprint density at radius 1 is 1.12 bits per heavy atom. The molecule has 0 bridgehead atoms. The van der Waals surface area contributed by atoms with E-state index in [-0.39, 0.29) is 18.8 Å². The highest BCUT2D eigenvalue weighted by molar-refractivity contribution is 7.93. The van der Waals surface area contributed by atoms with Gasteiger partial charge in [0, 0.05) is 32.1 Å². The summed E-state index contributed by atoms with van der Waals surface area (Å²) in [5, 5.41) is 49.7. The molecule has 0 amide bonds. The van der Waals surface area contributed by atoms with E-state index in [1.807, 2.05) is 18.2 Å². The molecule has 0 saturated carbocycles. The normalized spacial score (nSPS) is 22.9. The van der Waals surface area contributed by atoms with E-state index in [4.69, 9.17) is 9.47 Å². The van der Waals surface area contributed by atoms with Gasteiger partial charge in [-0.1, -0.05) is 37.3 Å². The summed E-state index contributed by atoms with van der Waals surface area (Å²) in [7, 11) is -2.88. The lowest BCUT2D eigenvalue weighted by atomic mass is 9.99. The van der Waals surface area contributed by atoms with Crippen molar-refractivity contribution in [1.82, 2.24) is 19.7 Å². The van der Waals surface area contributed by atoms with Crippen LogP contribution in [0.25, 0.3) is 16.8 Å². The summed E-state index contributed by atoms with van der Waals surface area (Å²) >= 11 is 0. The highest BCUT2D eigenvalue weighted by Gasteiger charge is 2.44. The number of nitriles is 1. The molecule has 232 valence electrons. The van der Waals surface area contributed by atoms with Crippen molar-refractivity contribution in [3.8, 4) is 6.07 Å². The molecule has 3 aromatic rings. The number of nitrogens with one attached hydrogen (secondary N) is 1. The standard InChI is InChI=1S/C29H38N6O7S/c1-4-10-34(11-5-2)23-9-8-20-12-19(6-7-21(20)14-23)13-24(15-30)43(39,40)31-16-22-17-35(33-32-22)18-25-26(36)27(37)28(38)29(41-3)42-25/h6-9,12-14,17,25-29,31,36-38H,4-5,10-11,16,18H2,1-3H3/b24-13+/t25-,26-,27+,28-,29+/m1/s1. The van der Waals surface area contributed by atoms with Crippen LogP contribution in [0.2, 0.25) is 0 Å². The Balaban J connectivity index is 1.43. The number of hydrogen-bond donors (Lipinski definition) is 4. The van der Waals surface area contributed by atoms with Gasteiger partial charge in [0.15, 0.2) is 11.2 Å². The molecule has 1 aliphatic heterocycles. The predicted molar refractivity (Wildman–Crippen MR) is 160 cm³/mol. The summed E-state index contributed by atoms with van der Waals surface area (Å²) in [5.41, 5.74) is 1.95. The molecule has 1 saturated heterocycles. The minimum atomic E-state index is -4.18. The largest absolute Gasteiger partial charge is 0.388 e. The first kappa shape index (κ1) is 32.5. The van der Waals surface area contributed by atoms with Gasteiger partial charge in [-0.25, -0.2) is 17.8 Å². The molecule has 2 heterocycles. The van der Waals surface area contributed by atoms with E-state index in [1.165, 1.54) is 24.1 Å². The number of ether oxygens (including phenoxy) is 2. The zero-order valence-electron chi connectivity index (χ0n) is 24.4. The molecule has 0 aliphatic carbocycles. The van der Waals surface area contributed by atoms with Gasteiger partial charge >= 0.3 is 0 Å². The Kier molecular flexibility index (Phi) is 10.9. The Bertz CT molecular complexity index is 1560. The van der Waals surface area contributed by atoms with Crippen molar-refractivity contribution in [2.75, 3.05) is 25.1 Å². The van der Waals surface area contributed by atoms with Gasteiger partial charge in [0.05, 0.1) is 18.8 Å². The number of allylic oxidation sites excluding steroid dienone is 1. The van der Waals surface area contributed by atoms with Gasteiger partial charge in [0.1, 0.15) is 30.5 Å². The summed E-state index contributed by atoms with van der Waals surface area (Å²) < 4.78 is 40.1. The van der Waals surface area contributed by atoms with Gasteiger partial charge in [-0.3, -0.25) is 0 Å². The van der Waals surface area contributed by atoms with Crippen molar-refractivity contribution >= 4 is 32.6 Å². The summed E-state index contributed by atoms with van der Waals surface area (Å²) in [4.78, 5) is 1.89. The van der Waals surface area contributed by atoms with Crippen LogP contribution in [0, 0.1) is 11.3 Å². The van der Waals surface area contributed by atoms with E-state index >= 15 is 0 Å². The highest BCUT2D eigenvalue weighted by atomic mass is 32.2. The van der Waals surface area contributed by atoms with Crippen LogP contribution < -0.4 is 9.62 Å². The van der Waals surface area contributed by atoms with E-state index in [2.05, 4.69) is 45.9 Å². The quantitative estimate of drug-likeness (QED) is 0.205. The summed E-state index contributed by atoms with van der Waals surface area (Å²) in [6.07, 6.45) is -1.58. The molecule has 14 heteroatoms. The Labute approximate surface area is 251 Å². The lowest BCUT2D eigenvalue weighted by molar-refractivity contribution is -0.292. The van der Waals surface area contributed by atoms with E-state index in [0.29, 0.717) is 5.56 Å². The number of hydrogen-bond acceptors (Lipinski definition) is 11. The molecule has 2 aromatic carbocycles. The summed E-state index contributed by atoms with van der Waals surface area (Å²) in [6.45, 7) is 5.94. The zero-order valence-corrected chi connectivity index (χ0v) is 25.2. The molecule has 1 fully saturated rings. The van der Waals surface area contributed by atoms with Crippen molar-refractivity contribution in [2.24, 2.45) is 0 Å². The number of nitrogens with zero attached hydrogens (tertiary/aromatic N) is 5. The summed E-state index contributed by atoms with van der Waals surface area (Å²) in [5.74, 6) is 0. The van der Waals surface area contributed by atoms with Crippen LogP contribution in [-0.2, 0) is 32.6 Å². The maximum absolute atomic E-state index is 13.0. The molecule has 0 radical (unpaired) electrons. The molecule has 4 N–H and O–H groups in total. The molecule has 5 atom stereocenters. The molecule has 13 nitrogen and oxygen atoms in total. The van der Waals surface area contributed by atoms with Gasteiger partial charge in [0.2, 0.25) is 0 Å². The second kappa shape index (κ2) is 14.4. The van der Waals surface area contributed by atoms with Gasteiger partial charge in [-0.05, 0) is 53.5 Å². The Morgan fingerprint density at radius 2 is 1.81 bits per heavy atom. The van der Waals surface area contributed by atoms with Crippen LogP contribution in [0.4, 0.5) is 5.69 Å². The van der Waals surface area contributed by atoms with E-state index in [1.54, 1.807) is 12.1 Å². The third-order valence-corrected chi connectivity index (χ3v) is 8.51. The second-order valence-electron chi connectivity index (χ2n) is 10.4. The molecular weight excluding hydrogens is 576 g/mol. The minimum absolute atomic E-state index is 0.0490. The first-order valence-corrected chi connectivity index (χ1v) is 15.6. The zero-order chi connectivity index (χ0) is 31.1. The Hall–Kier alpha value is -3.42. The maximum atomic E-state index is 13.0. The average molecular weight is 615 g/mol. The first-order chi connectivity index (χ1) is 20.6. The first-order valence-electron chi connectivity index (χ1n) is 14.1. The third kappa shape index (κ3) is 7.76.